The van der Waals surface area contributed by atoms with E-state index >= 15 is 0 Å². The van der Waals surface area contributed by atoms with Crippen LogP contribution >= 0.6 is 0 Å². The van der Waals surface area contributed by atoms with Crippen molar-refractivity contribution in [1.82, 2.24) is 56.8 Å². The van der Waals surface area contributed by atoms with Gasteiger partial charge < -0.3 is 73.6 Å². The van der Waals surface area contributed by atoms with Gasteiger partial charge in [0.25, 0.3) is 0 Å². The SMILES string of the molecule is CC(C)C[C@H](NS(=O)(=O)c1cccc2c(N(C)C)cccc12)C(=O)N1CCC[C@H]1C(=O)N[C@@H](CCCCN)C(=O)N[C@H](C(=O)NCC(=O)NCC(=O)NCC(=O)N[C@@H](Cc1c[nH]c2ccccc12)C(=O)N[C@@H](Cc1c[nH]c2ccccc12)C(N)=O)[C@@H](C)O. The zero-order chi connectivity index (χ0) is 63.8. The van der Waals surface area contributed by atoms with E-state index in [1.54, 1.807) is 30.6 Å². The molecule has 1 saturated heterocycles. The number of aromatic nitrogens is 2. The number of para-hydroxylation sites is 2. The highest BCUT2D eigenvalue weighted by Crippen LogP contribution is 2.31. The van der Waals surface area contributed by atoms with E-state index in [0.717, 1.165) is 33.1 Å². The number of rotatable bonds is 31. The summed E-state index contributed by atoms with van der Waals surface area (Å²) in [6.45, 7) is 3.28. The lowest BCUT2D eigenvalue weighted by Gasteiger charge is -2.31. The highest BCUT2D eigenvalue weighted by Gasteiger charge is 2.41. The fraction of sp³-hybridized carbons (Fsp3) is 0.426. The quantitative estimate of drug-likeness (QED) is 0.0261. The van der Waals surface area contributed by atoms with Crippen molar-refractivity contribution in [1.29, 1.82) is 0 Å². The first-order chi connectivity index (χ1) is 42.0. The Balaban J connectivity index is 0.914. The van der Waals surface area contributed by atoms with Gasteiger partial charge in [-0.15, -0.1) is 0 Å². The van der Waals surface area contributed by atoms with Crippen LogP contribution in [-0.4, -0.2) is 171 Å². The molecular weight excluding hydrogens is 1150 g/mol. The summed E-state index contributed by atoms with van der Waals surface area (Å²) in [4.78, 5) is 131. The Hall–Kier alpha value is -8.92. The first kappa shape index (κ1) is 66.6. The topological polar surface area (TPSA) is 394 Å². The Morgan fingerprint density at radius 3 is 1.82 bits per heavy atom. The number of aliphatic hydroxyl groups excluding tert-OH is 1. The number of amides is 9. The number of hydrogen-bond donors (Lipinski definition) is 13. The van der Waals surface area contributed by atoms with Crippen molar-refractivity contribution in [3.8, 4) is 0 Å². The molecule has 1 aliphatic heterocycles. The van der Waals surface area contributed by atoms with Crippen LogP contribution in [0.4, 0.5) is 5.69 Å². The number of aliphatic hydroxyl groups is 1. The van der Waals surface area contributed by atoms with Crippen LogP contribution in [-0.2, 0) is 66.0 Å². The molecule has 6 aromatic rings. The molecule has 0 bridgehead atoms. The van der Waals surface area contributed by atoms with Crippen molar-refractivity contribution < 1.29 is 56.7 Å². The van der Waals surface area contributed by atoms with Gasteiger partial charge in [-0.3, -0.25) is 43.2 Å². The highest BCUT2D eigenvalue weighted by molar-refractivity contribution is 7.89. The molecule has 0 radical (unpaired) electrons. The van der Waals surface area contributed by atoms with Crippen molar-refractivity contribution >= 4 is 101 Å². The lowest BCUT2D eigenvalue weighted by molar-refractivity contribution is -0.141. The van der Waals surface area contributed by atoms with E-state index in [1.165, 1.54) is 17.9 Å². The number of likely N-dealkylation sites (tertiary alicyclic amines) is 1. The summed E-state index contributed by atoms with van der Waals surface area (Å²) in [5.74, 6) is -7.32. The molecule has 9 amide bonds. The minimum atomic E-state index is -4.31. The maximum Gasteiger partial charge on any atom is 0.245 e. The van der Waals surface area contributed by atoms with Gasteiger partial charge in [-0.05, 0) is 93.3 Å². The molecule has 7 atom stereocenters. The molecule has 2 aromatic heterocycles. The van der Waals surface area contributed by atoms with Crippen molar-refractivity contribution in [2.45, 2.75) is 119 Å². The number of sulfonamides is 1. The minimum Gasteiger partial charge on any atom is -0.391 e. The highest BCUT2D eigenvalue weighted by atomic mass is 32.2. The van der Waals surface area contributed by atoms with Gasteiger partial charge in [-0.25, -0.2) is 8.42 Å². The van der Waals surface area contributed by atoms with E-state index in [-0.39, 0.29) is 56.0 Å². The van der Waals surface area contributed by atoms with Crippen molar-refractivity contribution in [3.63, 3.8) is 0 Å². The number of fused-ring (bicyclic) bond motifs is 3. The molecular formula is C61H80N14O12S. The van der Waals surface area contributed by atoms with Crippen molar-refractivity contribution in [2.24, 2.45) is 17.4 Å². The molecule has 15 N–H and O–H groups in total. The number of benzene rings is 4. The second-order valence-corrected chi connectivity index (χ2v) is 24.3. The average molecular weight is 1230 g/mol. The molecule has 4 aromatic carbocycles. The third kappa shape index (κ3) is 17.4. The van der Waals surface area contributed by atoms with Gasteiger partial charge in [0, 0.05) is 84.1 Å². The van der Waals surface area contributed by atoms with E-state index in [4.69, 9.17) is 11.5 Å². The largest absolute Gasteiger partial charge is 0.391 e. The van der Waals surface area contributed by atoms with Crippen LogP contribution in [0.2, 0.25) is 0 Å². The normalized spacial score (nSPS) is 15.4. The van der Waals surface area contributed by atoms with Crippen LogP contribution in [0.15, 0.2) is 102 Å². The number of H-pyrrole nitrogens is 2. The van der Waals surface area contributed by atoms with Crippen LogP contribution in [0.1, 0.15) is 70.4 Å². The predicted molar refractivity (Wildman–Crippen MR) is 331 cm³/mol. The van der Waals surface area contributed by atoms with Gasteiger partial charge in [-0.1, -0.05) is 74.5 Å². The molecule has 26 nitrogen and oxygen atoms in total. The molecule has 0 aliphatic carbocycles. The molecule has 3 heterocycles. The number of carbonyl (C=O) groups is 9. The number of nitrogens with two attached hydrogens (primary N) is 2. The Labute approximate surface area is 509 Å². The van der Waals surface area contributed by atoms with E-state index in [9.17, 15) is 56.7 Å². The van der Waals surface area contributed by atoms with E-state index < -0.39 is 125 Å². The predicted octanol–water partition coefficient (Wildman–Crippen LogP) is 0.321. The van der Waals surface area contributed by atoms with Crippen LogP contribution in [0.3, 0.4) is 0 Å². The maximum absolute atomic E-state index is 14.5. The molecule has 1 fully saturated rings. The van der Waals surface area contributed by atoms with Crippen molar-refractivity contribution in [2.75, 3.05) is 51.7 Å². The minimum absolute atomic E-state index is 0.0159. The Kier molecular flexibility index (Phi) is 23.2. The maximum atomic E-state index is 14.5. The van der Waals surface area contributed by atoms with Crippen LogP contribution < -0.4 is 58.3 Å². The summed E-state index contributed by atoms with van der Waals surface area (Å²) in [5, 5.41) is 31.0. The standard InChI is InChI=1S/C61H80N14O12S/c1-35(2)27-48(73-88(86,87)51-24-13-17-41-42(51)18-12-22-49(41)74(4)5)61(85)75-26-14-23-50(75)59(83)70-45(21-10-11-25-62)57(81)72-55(36(3)76)60(84)68-33-53(78)66-32-52(77)67-34-54(79)69-47(29-38-31-65-44-20-9-7-16-40(38)44)58(82)71-46(56(63)80)28-37-30-64-43-19-8-6-15-39(37)43/h6-9,12-13,15-20,22,24,30-31,35-36,45-48,50,55,64-65,73,76H,10-11,14,21,23,25-29,32-34,62H2,1-5H3,(H2,63,80)(H,66,78)(H,67,77)(H,68,84)(H,69,79)(H,70,83)(H,71,82)(H,72,81)/t36-,45+,46+,47+,48+,50+,55+/m1/s1. The summed E-state index contributed by atoms with van der Waals surface area (Å²) >= 11 is 0. The summed E-state index contributed by atoms with van der Waals surface area (Å²) in [6.07, 6.45) is 3.48. The van der Waals surface area contributed by atoms with Crippen molar-refractivity contribution in [3.05, 3.63) is 108 Å². The number of hydrogen-bond acceptors (Lipinski definition) is 14. The molecule has 7 rings (SSSR count). The van der Waals surface area contributed by atoms with Gasteiger partial charge in [0.05, 0.1) is 30.6 Å². The fourth-order valence-corrected chi connectivity index (χ4v) is 12.2. The number of carbonyl (C=O) groups excluding carboxylic acids is 9. The molecule has 88 heavy (non-hydrogen) atoms. The van der Waals surface area contributed by atoms with Gasteiger partial charge >= 0.3 is 0 Å². The second kappa shape index (κ2) is 30.6. The Bertz CT molecular complexity index is 3620. The first-order valence-corrected chi connectivity index (χ1v) is 30.7. The summed E-state index contributed by atoms with van der Waals surface area (Å²) in [7, 11) is -0.612. The first-order valence-electron chi connectivity index (χ1n) is 29.3. The molecule has 472 valence electrons. The fourth-order valence-electron chi connectivity index (χ4n) is 10.8. The van der Waals surface area contributed by atoms with Crippen LogP contribution in [0.25, 0.3) is 32.6 Å². The van der Waals surface area contributed by atoms with E-state index in [2.05, 4.69) is 51.9 Å². The lowest BCUT2D eigenvalue weighted by Crippen LogP contribution is -2.59. The Morgan fingerprint density at radius 1 is 0.648 bits per heavy atom. The number of primary amides is 1. The number of anilines is 1. The third-order valence-electron chi connectivity index (χ3n) is 15.2. The summed E-state index contributed by atoms with van der Waals surface area (Å²) < 4.78 is 31.0. The number of nitrogens with one attached hydrogen (secondary N) is 10. The van der Waals surface area contributed by atoms with Gasteiger partial charge in [0.15, 0.2) is 0 Å². The zero-order valence-electron chi connectivity index (χ0n) is 49.9. The van der Waals surface area contributed by atoms with Gasteiger partial charge in [0.1, 0.15) is 36.3 Å². The lowest BCUT2D eigenvalue weighted by atomic mass is 10.0. The monoisotopic (exact) mass is 1230 g/mol. The van der Waals surface area contributed by atoms with E-state index in [1.807, 2.05) is 93.5 Å². The molecule has 0 spiro atoms. The smallest absolute Gasteiger partial charge is 0.245 e. The molecule has 27 heteroatoms. The zero-order valence-corrected chi connectivity index (χ0v) is 50.8. The number of unbranched alkanes of at least 4 members (excludes halogenated alkanes) is 1. The summed E-state index contributed by atoms with van der Waals surface area (Å²) in [5.41, 5.74) is 15.3. The molecule has 0 unspecified atom stereocenters. The van der Waals surface area contributed by atoms with Crippen LogP contribution in [0.5, 0.6) is 0 Å². The number of nitrogens with zero attached hydrogens (tertiary/aromatic N) is 2. The third-order valence-corrected chi connectivity index (χ3v) is 16.8. The average Bonchev–Trinajstić information content (AvgIpc) is 1.44. The second-order valence-electron chi connectivity index (χ2n) is 22.6. The van der Waals surface area contributed by atoms with E-state index in [0.29, 0.717) is 35.6 Å². The summed E-state index contributed by atoms with van der Waals surface area (Å²) in [6, 6.07) is 17.3. The molecule has 0 saturated carbocycles. The van der Waals surface area contributed by atoms with Crippen LogP contribution in [0, 0.1) is 5.92 Å². The van der Waals surface area contributed by atoms with Gasteiger partial charge in [0.2, 0.25) is 63.2 Å². The number of aromatic amines is 2. The van der Waals surface area contributed by atoms with Gasteiger partial charge in [-0.2, -0.15) is 4.72 Å². The Morgan fingerprint density at radius 2 is 1.22 bits per heavy atom. The molecule has 1 aliphatic rings.